The molecule has 1 aromatic rings. The first-order valence-electron chi connectivity index (χ1n) is 5.36. The average Bonchev–Trinajstić information content (AvgIpc) is 2.35. The molecular weight excluding hydrogens is 220 g/mol. The summed E-state index contributed by atoms with van der Waals surface area (Å²) in [7, 11) is 1.66. The van der Waals surface area contributed by atoms with Gasteiger partial charge in [-0.25, -0.2) is 4.79 Å². The molecular formula is C12H16N2O3. The van der Waals surface area contributed by atoms with Crippen LogP contribution >= 0.6 is 0 Å². The molecule has 5 heteroatoms. The van der Waals surface area contributed by atoms with E-state index in [0.29, 0.717) is 25.1 Å². The molecule has 0 radical (unpaired) electrons. The Hall–Kier alpha value is -1.88. The van der Waals surface area contributed by atoms with Crippen molar-refractivity contribution in [3.63, 3.8) is 0 Å². The van der Waals surface area contributed by atoms with Crippen LogP contribution < -0.4 is 10.6 Å². The SMILES string of the molecule is CN(C(=O)CCCN)c1ccc(C(=O)O)cc1. The van der Waals surface area contributed by atoms with Crippen LogP contribution in [0.25, 0.3) is 0 Å². The van der Waals surface area contributed by atoms with Crippen molar-refractivity contribution in [1.82, 2.24) is 0 Å². The van der Waals surface area contributed by atoms with Crippen molar-refractivity contribution in [2.45, 2.75) is 12.8 Å². The molecule has 1 aromatic carbocycles. The highest BCUT2D eigenvalue weighted by atomic mass is 16.4. The van der Waals surface area contributed by atoms with Crippen LogP contribution in [0.3, 0.4) is 0 Å². The van der Waals surface area contributed by atoms with Crippen LogP contribution in [0.15, 0.2) is 24.3 Å². The van der Waals surface area contributed by atoms with Crippen LogP contribution in [0, 0.1) is 0 Å². The third-order valence-corrected chi connectivity index (χ3v) is 2.47. The molecule has 0 heterocycles. The number of carboxylic acids is 1. The molecule has 0 aliphatic rings. The van der Waals surface area contributed by atoms with E-state index in [9.17, 15) is 9.59 Å². The second kappa shape index (κ2) is 6.00. The molecule has 0 aliphatic carbocycles. The van der Waals surface area contributed by atoms with E-state index in [1.54, 1.807) is 19.2 Å². The third kappa shape index (κ3) is 3.57. The second-order valence-electron chi connectivity index (χ2n) is 3.70. The van der Waals surface area contributed by atoms with Crippen molar-refractivity contribution in [3.8, 4) is 0 Å². The number of anilines is 1. The van der Waals surface area contributed by atoms with Crippen molar-refractivity contribution in [2.24, 2.45) is 5.73 Å². The summed E-state index contributed by atoms with van der Waals surface area (Å²) in [5.41, 5.74) is 6.22. The maximum atomic E-state index is 11.7. The van der Waals surface area contributed by atoms with Crippen LogP contribution in [-0.2, 0) is 4.79 Å². The van der Waals surface area contributed by atoms with E-state index in [4.69, 9.17) is 10.8 Å². The van der Waals surface area contributed by atoms with E-state index in [0.717, 1.165) is 0 Å². The maximum Gasteiger partial charge on any atom is 0.335 e. The normalized spacial score (nSPS) is 10.0. The Morgan fingerprint density at radius 2 is 1.88 bits per heavy atom. The lowest BCUT2D eigenvalue weighted by Gasteiger charge is -2.17. The summed E-state index contributed by atoms with van der Waals surface area (Å²) in [4.78, 5) is 23.8. The number of hydrogen-bond donors (Lipinski definition) is 2. The van der Waals surface area contributed by atoms with Gasteiger partial charge in [0.05, 0.1) is 5.56 Å². The van der Waals surface area contributed by atoms with Gasteiger partial charge in [-0.2, -0.15) is 0 Å². The van der Waals surface area contributed by atoms with E-state index in [1.807, 2.05) is 0 Å². The van der Waals surface area contributed by atoms with Gasteiger partial charge in [-0.15, -0.1) is 0 Å². The lowest BCUT2D eigenvalue weighted by Crippen LogP contribution is -2.26. The fourth-order valence-corrected chi connectivity index (χ4v) is 1.39. The first-order chi connectivity index (χ1) is 8.06. The maximum absolute atomic E-state index is 11.7. The first-order valence-corrected chi connectivity index (χ1v) is 5.36. The van der Waals surface area contributed by atoms with Crippen LogP contribution in [-0.4, -0.2) is 30.6 Å². The van der Waals surface area contributed by atoms with Gasteiger partial charge in [0, 0.05) is 19.2 Å². The minimum absolute atomic E-state index is 0.0291. The number of rotatable bonds is 5. The molecule has 0 unspecified atom stereocenters. The zero-order valence-corrected chi connectivity index (χ0v) is 9.72. The number of hydrogen-bond acceptors (Lipinski definition) is 3. The van der Waals surface area contributed by atoms with Crippen molar-refractivity contribution in [1.29, 1.82) is 0 Å². The average molecular weight is 236 g/mol. The van der Waals surface area contributed by atoms with E-state index >= 15 is 0 Å². The predicted molar refractivity (Wildman–Crippen MR) is 65.1 cm³/mol. The van der Waals surface area contributed by atoms with E-state index in [1.165, 1.54) is 17.0 Å². The van der Waals surface area contributed by atoms with Gasteiger partial charge in [0.1, 0.15) is 0 Å². The molecule has 0 spiro atoms. The highest BCUT2D eigenvalue weighted by molar-refractivity contribution is 5.94. The molecule has 0 atom stereocenters. The molecule has 0 saturated carbocycles. The highest BCUT2D eigenvalue weighted by Crippen LogP contribution is 2.15. The van der Waals surface area contributed by atoms with Gasteiger partial charge < -0.3 is 15.7 Å². The molecule has 17 heavy (non-hydrogen) atoms. The van der Waals surface area contributed by atoms with Crippen molar-refractivity contribution in [3.05, 3.63) is 29.8 Å². The molecule has 0 saturated heterocycles. The highest BCUT2D eigenvalue weighted by Gasteiger charge is 2.10. The van der Waals surface area contributed by atoms with Gasteiger partial charge >= 0.3 is 5.97 Å². The lowest BCUT2D eigenvalue weighted by molar-refractivity contribution is -0.118. The van der Waals surface area contributed by atoms with E-state index in [2.05, 4.69) is 0 Å². The molecule has 0 aliphatic heterocycles. The minimum Gasteiger partial charge on any atom is -0.478 e. The topological polar surface area (TPSA) is 83.6 Å². The first kappa shape index (κ1) is 13.2. The largest absolute Gasteiger partial charge is 0.478 e. The smallest absolute Gasteiger partial charge is 0.335 e. The van der Waals surface area contributed by atoms with Gasteiger partial charge in [-0.1, -0.05) is 0 Å². The van der Waals surface area contributed by atoms with Crippen LogP contribution in [0.5, 0.6) is 0 Å². The molecule has 1 amide bonds. The van der Waals surface area contributed by atoms with Gasteiger partial charge in [-0.05, 0) is 37.2 Å². The summed E-state index contributed by atoms with van der Waals surface area (Å²) in [5.74, 6) is -1.01. The summed E-state index contributed by atoms with van der Waals surface area (Å²) in [6, 6.07) is 6.18. The molecule has 1 rings (SSSR count). The lowest BCUT2D eigenvalue weighted by atomic mass is 10.2. The number of benzene rings is 1. The monoisotopic (exact) mass is 236 g/mol. The van der Waals surface area contributed by atoms with Crippen LogP contribution in [0.4, 0.5) is 5.69 Å². The third-order valence-electron chi connectivity index (χ3n) is 2.47. The fourth-order valence-electron chi connectivity index (χ4n) is 1.39. The van der Waals surface area contributed by atoms with E-state index < -0.39 is 5.97 Å². The molecule has 5 nitrogen and oxygen atoms in total. The van der Waals surface area contributed by atoms with Gasteiger partial charge in [0.2, 0.25) is 5.91 Å². The van der Waals surface area contributed by atoms with E-state index in [-0.39, 0.29) is 11.5 Å². The van der Waals surface area contributed by atoms with Crippen molar-refractivity contribution >= 4 is 17.6 Å². The Morgan fingerprint density at radius 1 is 1.29 bits per heavy atom. The summed E-state index contributed by atoms with van der Waals surface area (Å²) in [6.45, 7) is 0.484. The number of carboxylic acid groups (broad SMARTS) is 1. The summed E-state index contributed by atoms with van der Waals surface area (Å²) in [5, 5.41) is 8.75. The number of aromatic carboxylic acids is 1. The summed E-state index contributed by atoms with van der Waals surface area (Å²) in [6.07, 6.45) is 1.05. The molecule has 0 bridgehead atoms. The molecule has 0 aromatic heterocycles. The van der Waals surface area contributed by atoms with Crippen molar-refractivity contribution in [2.75, 3.05) is 18.5 Å². The predicted octanol–water partition coefficient (Wildman–Crippen LogP) is 1.09. The molecule has 92 valence electrons. The van der Waals surface area contributed by atoms with Crippen molar-refractivity contribution < 1.29 is 14.7 Å². The van der Waals surface area contributed by atoms with Crippen LogP contribution in [0.1, 0.15) is 23.2 Å². The minimum atomic E-state index is -0.978. The van der Waals surface area contributed by atoms with Gasteiger partial charge in [0.15, 0.2) is 0 Å². The number of carbonyl (C=O) groups excluding carboxylic acids is 1. The number of nitrogens with two attached hydrogens (primary N) is 1. The Labute approximate surface area is 99.8 Å². The Kier molecular flexibility index (Phi) is 4.66. The number of amides is 1. The zero-order chi connectivity index (χ0) is 12.8. The summed E-state index contributed by atoms with van der Waals surface area (Å²) >= 11 is 0. The number of nitrogens with zero attached hydrogens (tertiary/aromatic N) is 1. The van der Waals surface area contributed by atoms with Gasteiger partial charge in [0.25, 0.3) is 0 Å². The zero-order valence-electron chi connectivity index (χ0n) is 9.72. The quantitative estimate of drug-likeness (QED) is 0.801. The van der Waals surface area contributed by atoms with Crippen LogP contribution in [0.2, 0.25) is 0 Å². The Bertz CT molecular complexity index is 401. The Balaban J connectivity index is 2.72. The van der Waals surface area contributed by atoms with Gasteiger partial charge in [-0.3, -0.25) is 4.79 Å². The Morgan fingerprint density at radius 3 is 2.35 bits per heavy atom. The number of carbonyl (C=O) groups is 2. The summed E-state index contributed by atoms with van der Waals surface area (Å²) < 4.78 is 0. The second-order valence-corrected chi connectivity index (χ2v) is 3.70. The molecule has 3 N–H and O–H groups in total. The standard InChI is InChI=1S/C12H16N2O3/c1-14(11(15)3-2-8-13)10-6-4-9(5-7-10)12(16)17/h4-7H,2-3,8,13H2,1H3,(H,16,17). The fraction of sp³-hybridized carbons (Fsp3) is 0.333. The molecule has 0 fully saturated rings.